The van der Waals surface area contributed by atoms with Gasteiger partial charge in [0.1, 0.15) is 6.61 Å². The van der Waals surface area contributed by atoms with Crippen molar-refractivity contribution in [1.82, 2.24) is 0 Å². The summed E-state index contributed by atoms with van der Waals surface area (Å²) in [7, 11) is 0. The Morgan fingerprint density at radius 3 is 0.550 bits per heavy atom. The molecule has 1 unspecified atom stereocenters. The summed E-state index contributed by atoms with van der Waals surface area (Å²) < 4.78 is 10.8. The van der Waals surface area contributed by atoms with Gasteiger partial charge >= 0.3 is 11.9 Å². The van der Waals surface area contributed by atoms with Crippen molar-refractivity contribution >= 4 is 11.9 Å². The van der Waals surface area contributed by atoms with Crippen LogP contribution in [0.1, 0.15) is 450 Å². The Morgan fingerprint density at radius 2 is 0.388 bits per heavy atom. The highest BCUT2D eigenvalue weighted by Crippen LogP contribution is 2.20. The lowest BCUT2D eigenvalue weighted by atomic mass is 10.0. The fourth-order valence-corrected chi connectivity index (χ4v) is 12.3. The Kier molecular flexibility index (Phi) is 71.2. The molecule has 0 aliphatic heterocycles. The van der Waals surface area contributed by atoms with Crippen LogP contribution in [0, 0.1) is 0 Å². The molecule has 0 aliphatic rings. The van der Waals surface area contributed by atoms with E-state index in [1.54, 1.807) is 0 Å². The lowest BCUT2D eigenvalue weighted by Gasteiger charge is -2.15. The smallest absolute Gasteiger partial charge is 0.306 e. The van der Waals surface area contributed by atoms with Crippen LogP contribution in [0.15, 0.2) is 0 Å². The average molecular weight is 1130 g/mol. The molecule has 0 aromatic rings. The predicted octanol–water partition coefficient (Wildman–Crippen LogP) is 26.0. The summed E-state index contributed by atoms with van der Waals surface area (Å²) >= 11 is 0. The molecule has 0 saturated heterocycles. The predicted molar refractivity (Wildman–Crippen MR) is 353 cm³/mol. The number of hydrogen-bond acceptors (Lipinski definition) is 5. The topological polar surface area (TPSA) is 72.8 Å². The van der Waals surface area contributed by atoms with E-state index in [1.807, 2.05) is 0 Å². The van der Waals surface area contributed by atoms with Gasteiger partial charge in [-0.2, -0.15) is 0 Å². The maximum atomic E-state index is 12.4. The molecule has 0 heterocycles. The van der Waals surface area contributed by atoms with E-state index in [9.17, 15) is 14.7 Å². The maximum absolute atomic E-state index is 12.4. The van der Waals surface area contributed by atoms with Crippen molar-refractivity contribution < 1.29 is 24.2 Å². The van der Waals surface area contributed by atoms with Gasteiger partial charge in [-0.15, -0.1) is 0 Å². The molecule has 0 amide bonds. The summed E-state index contributed by atoms with van der Waals surface area (Å²) in [6, 6.07) is 0. The fourth-order valence-electron chi connectivity index (χ4n) is 12.3. The van der Waals surface area contributed by atoms with Crippen molar-refractivity contribution in [3.8, 4) is 0 Å². The van der Waals surface area contributed by atoms with Crippen molar-refractivity contribution in [3.63, 3.8) is 0 Å². The van der Waals surface area contributed by atoms with Gasteiger partial charge in [0.2, 0.25) is 0 Å². The summed E-state index contributed by atoms with van der Waals surface area (Å²) in [6.45, 7) is 4.23. The molecule has 478 valence electrons. The standard InChI is InChI=1S/C75H148O5/c1-3-5-7-9-11-13-15-17-19-21-23-25-27-29-30-31-32-33-34-35-36-37-38-39-40-41-42-43-44-46-48-50-52-54-56-58-60-62-64-66-68-70-75(78)80-73(71-76)72-79-74(77)69-67-65-63-61-59-57-55-53-51-49-47-45-28-26-24-22-20-18-16-14-12-10-8-6-4-2/h73,76H,3-72H2,1-2H3. The number of unbranched alkanes of at least 4 members (excludes halogenated alkanes) is 64. The zero-order valence-electron chi connectivity index (χ0n) is 55.2. The first-order valence-corrected chi connectivity index (χ1v) is 37.6. The molecule has 0 spiro atoms. The molecule has 0 bridgehead atoms. The van der Waals surface area contributed by atoms with Gasteiger partial charge in [0.15, 0.2) is 6.10 Å². The van der Waals surface area contributed by atoms with Gasteiger partial charge in [-0.3, -0.25) is 9.59 Å². The van der Waals surface area contributed by atoms with E-state index in [0.717, 1.165) is 32.1 Å². The summed E-state index contributed by atoms with van der Waals surface area (Å²) in [5.41, 5.74) is 0. The highest BCUT2D eigenvalue weighted by molar-refractivity contribution is 5.70. The monoisotopic (exact) mass is 1130 g/mol. The number of esters is 2. The number of ether oxygens (including phenoxy) is 2. The van der Waals surface area contributed by atoms with Gasteiger partial charge in [0, 0.05) is 12.8 Å². The van der Waals surface area contributed by atoms with Gasteiger partial charge in [-0.25, -0.2) is 0 Å². The second kappa shape index (κ2) is 72.2. The highest BCUT2D eigenvalue weighted by atomic mass is 16.6. The Bertz CT molecular complexity index is 1140. The van der Waals surface area contributed by atoms with Gasteiger partial charge < -0.3 is 14.6 Å². The minimum Gasteiger partial charge on any atom is -0.462 e. The molecule has 5 nitrogen and oxygen atoms in total. The highest BCUT2D eigenvalue weighted by Gasteiger charge is 2.16. The molecule has 0 aromatic carbocycles. The summed E-state index contributed by atoms with van der Waals surface area (Å²) in [4.78, 5) is 24.7. The summed E-state index contributed by atoms with van der Waals surface area (Å²) in [6.07, 6.45) is 91.9. The number of rotatable bonds is 72. The molecule has 0 rings (SSSR count). The number of hydrogen-bond donors (Lipinski definition) is 1. The van der Waals surface area contributed by atoms with Crippen LogP contribution in [0.5, 0.6) is 0 Å². The van der Waals surface area contributed by atoms with E-state index < -0.39 is 6.10 Å². The lowest BCUT2D eigenvalue weighted by Crippen LogP contribution is -2.28. The third kappa shape index (κ3) is 69.4. The van der Waals surface area contributed by atoms with E-state index in [2.05, 4.69) is 13.8 Å². The molecule has 1 atom stereocenters. The zero-order valence-corrected chi connectivity index (χ0v) is 55.2. The molecule has 0 fully saturated rings. The van der Waals surface area contributed by atoms with E-state index in [-0.39, 0.29) is 25.2 Å². The SMILES string of the molecule is CCCCCCCCCCCCCCCCCCCCCCCCCCCCCCCCCCCCCCCCCCCC(=O)OC(CO)COC(=O)CCCCCCCCCCCCCCCCCCCCCCCCCCC. The van der Waals surface area contributed by atoms with Gasteiger partial charge in [-0.1, -0.05) is 425 Å². The van der Waals surface area contributed by atoms with Crippen LogP contribution < -0.4 is 0 Å². The van der Waals surface area contributed by atoms with Crippen molar-refractivity contribution in [2.45, 2.75) is 457 Å². The number of aliphatic hydroxyl groups excluding tert-OH is 1. The number of carbonyl (C=O) groups excluding carboxylic acids is 2. The molecular formula is C75H148O5. The van der Waals surface area contributed by atoms with Crippen molar-refractivity contribution in [2.24, 2.45) is 0 Å². The van der Waals surface area contributed by atoms with Crippen molar-refractivity contribution in [2.75, 3.05) is 13.2 Å². The van der Waals surface area contributed by atoms with Crippen LogP contribution in [-0.2, 0) is 19.1 Å². The minimum atomic E-state index is -0.766. The Hall–Kier alpha value is -1.10. The minimum absolute atomic E-state index is 0.0553. The van der Waals surface area contributed by atoms with Crippen molar-refractivity contribution in [3.05, 3.63) is 0 Å². The zero-order chi connectivity index (χ0) is 57.6. The quantitative estimate of drug-likeness (QED) is 0.0485. The van der Waals surface area contributed by atoms with Crippen LogP contribution in [0.4, 0.5) is 0 Å². The molecular weight excluding hydrogens is 981 g/mol. The number of aliphatic hydroxyl groups is 1. The molecule has 0 aromatic heterocycles. The molecule has 1 N–H and O–H groups in total. The van der Waals surface area contributed by atoms with Crippen molar-refractivity contribution in [1.29, 1.82) is 0 Å². The molecule has 5 heteroatoms. The Morgan fingerprint density at radius 1 is 0.237 bits per heavy atom. The molecule has 80 heavy (non-hydrogen) atoms. The van der Waals surface area contributed by atoms with E-state index in [1.165, 1.54) is 392 Å². The first-order valence-electron chi connectivity index (χ1n) is 37.6. The van der Waals surface area contributed by atoms with Gasteiger partial charge in [-0.05, 0) is 12.8 Å². The Balaban J connectivity index is 3.32. The van der Waals surface area contributed by atoms with Gasteiger partial charge in [0.05, 0.1) is 6.61 Å². The van der Waals surface area contributed by atoms with Crippen LogP contribution in [-0.4, -0.2) is 36.4 Å². The van der Waals surface area contributed by atoms with Crippen LogP contribution in [0.2, 0.25) is 0 Å². The largest absolute Gasteiger partial charge is 0.462 e. The molecule has 0 radical (unpaired) electrons. The van der Waals surface area contributed by atoms with Crippen LogP contribution in [0.25, 0.3) is 0 Å². The maximum Gasteiger partial charge on any atom is 0.306 e. The van der Waals surface area contributed by atoms with Crippen LogP contribution in [0.3, 0.4) is 0 Å². The van der Waals surface area contributed by atoms with E-state index in [0.29, 0.717) is 12.8 Å². The second-order valence-corrected chi connectivity index (χ2v) is 26.1. The molecule has 0 saturated carbocycles. The first-order chi connectivity index (χ1) is 39.6. The first kappa shape index (κ1) is 78.9. The second-order valence-electron chi connectivity index (χ2n) is 26.1. The summed E-state index contributed by atoms with van der Waals surface area (Å²) in [5, 5.41) is 9.71. The fraction of sp³-hybridized carbons (Fsp3) is 0.973. The van der Waals surface area contributed by atoms with Gasteiger partial charge in [0.25, 0.3) is 0 Å². The number of carbonyl (C=O) groups is 2. The van der Waals surface area contributed by atoms with Crippen LogP contribution >= 0.6 is 0 Å². The lowest BCUT2D eigenvalue weighted by molar-refractivity contribution is -0.161. The summed E-state index contributed by atoms with van der Waals surface area (Å²) in [5.74, 6) is -0.558. The normalized spacial score (nSPS) is 12.0. The van der Waals surface area contributed by atoms with E-state index >= 15 is 0 Å². The Labute approximate surface area is 503 Å². The van der Waals surface area contributed by atoms with E-state index in [4.69, 9.17) is 9.47 Å². The third-order valence-electron chi connectivity index (χ3n) is 17.9. The third-order valence-corrected chi connectivity index (χ3v) is 17.9. The molecule has 0 aliphatic carbocycles. The average Bonchev–Trinajstić information content (AvgIpc) is 3.46.